The quantitative estimate of drug-likeness (QED) is 0.601. The molecule has 0 aliphatic rings. The molecule has 0 amide bonds. The van der Waals surface area contributed by atoms with E-state index in [-0.39, 0.29) is 11.3 Å². The Labute approximate surface area is 158 Å². The van der Waals surface area contributed by atoms with Gasteiger partial charge in [-0.2, -0.15) is 5.26 Å². The molecule has 0 fully saturated rings. The van der Waals surface area contributed by atoms with Gasteiger partial charge in [0.25, 0.3) is 0 Å². The van der Waals surface area contributed by atoms with Crippen LogP contribution in [-0.4, -0.2) is 12.9 Å². The van der Waals surface area contributed by atoms with Gasteiger partial charge in [0.15, 0.2) is 17.3 Å². The van der Waals surface area contributed by atoms with Crippen LogP contribution in [0.4, 0.5) is 0 Å². The maximum absolute atomic E-state index is 12.9. The fourth-order valence-electron chi connectivity index (χ4n) is 2.71. The molecule has 0 heterocycles. The first-order chi connectivity index (χ1) is 13.1. The van der Waals surface area contributed by atoms with E-state index >= 15 is 0 Å². The number of rotatable bonds is 6. The fourth-order valence-corrected chi connectivity index (χ4v) is 2.71. The van der Waals surface area contributed by atoms with Gasteiger partial charge < -0.3 is 9.47 Å². The van der Waals surface area contributed by atoms with Crippen LogP contribution in [0.1, 0.15) is 32.6 Å². The molecule has 0 spiro atoms. The number of carbonyl (C=O) groups excluding carboxylic acids is 1. The second-order valence-electron chi connectivity index (χ2n) is 6.13. The van der Waals surface area contributed by atoms with Crippen molar-refractivity contribution >= 4 is 5.78 Å². The molecule has 0 N–H and O–H groups in total. The van der Waals surface area contributed by atoms with Crippen molar-refractivity contribution in [3.63, 3.8) is 0 Å². The number of methoxy groups -OCH3 is 1. The van der Waals surface area contributed by atoms with Crippen LogP contribution in [0, 0.1) is 18.3 Å². The second-order valence-corrected chi connectivity index (χ2v) is 6.13. The van der Waals surface area contributed by atoms with E-state index in [1.165, 1.54) is 7.11 Å². The Bertz CT molecular complexity index is 987. The molecule has 0 aliphatic carbocycles. The number of aryl methyl sites for hydroxylation is 1. The Morgan fingerprint density at radius 3 is 2.33 bits per heavy atom. The number of nitriles is 1. The maximum Gasteiger partial charge on any atom is 0.194 e. The average molecular weight is 357 g/mol. The van der Waals surface area contributed by atoms with Gasteiger partial charge in [-0.25, -0.2) is 0 Å². The zero-order valence-electron chi connectivity index (χ0n) is 15.2. The summed E-state index contributed by atoms with van der Waals surface area (Å²) in [6.07, 6.45) is 0. The number of ether oxygens (including phenoxy) is 2. The largest absolute Gasteiger partial charge is 0.493 e. The Morgan fingerprint density at radius 2 is 1.70 bits per heavy atom. The Morgan fingerprint density at radius 1 is 1.00 bits per heavy atom. The number of ketones is 1. The number of hydrogen-bond donors (Lipinski definition) is 0. The summed E-state index contributed by atoms with van der Waals surface area (Å²) in [5.74, 6) is 0.623. The molecule has 0 saturated heterocycles. The molecule has 0 atom stereocenters. The Hall–Kier alpha value is -3.58. The average Bonchev–Trinajstić information content (AvgIpc) is 2.72. The van der Waals surface area contributed by atoms with E-state index in [1.807, 2.05) is 49.4 Å². The molecule has 0 bridgehead atoms. The Balaban J connectivity index is 1.96. The first kappa shape index (κ1) is 18.2. The summed E-state index contributed by atoms with van der Waals surface area (Å²) in [6.45, 7) is 2.29. The van der Waals surface area contributed by atoms with Crippen LogP contribution in [-0.2, 0) is 6.61 Å². The molecular formula is C23H19NO3. The highest BCUT2D eigenvalue weighted by molar-refractivity contribution is 6.10. The number of carbonyl (C=O) groups is 1. The second kappa shape index (κ2) is 8.20. The smallest absolute Gasteiger partial charge is 0.194 e. The lowest BCUT2D eigenvalue weighted by atomic mass is 9.97. The van der Waals surface area contributed by atoms with E-state index in [9.17, 15) is 10.1 Å². The van der Waals surface area contributed by atoms with Gasteiger partial charge in [0.2, 0.25) is 0 Å². The van der Waals surface area contributed by atoms with Crippen LogP contribution in [0.3, 0.4) is 0 Å². The maximum atomic E-state index is 12.9. The van der Waals surface area contributed by atoms with Crippen molar-refractivity contribution in [2.24, 2.45) is 0 Å². The lowest BCUT2D eigenvalue weighted by molar-refractivity contribution is 0.103. The van der Waals surface area contributed by atoms with Gasteiger partial charge in [-0.1, -0.05) is 60.2 Å². The van der Waals surface area contributed by atoms with E-state index < -0.39 is 0 Å². The van der Waals surface area contributed by atoms with Crippen LogP contribution < -0.4 is 9.47 Å². The highest BCUT2D eigenvalue weighted by atomic mass is 16.5. The number of benzene rings is 3. The van der Waals surface area contributed by atoms with Gasteiger partial charge in [0.1, 0.15) is 12.7 Å². The molecule has 3 aromatic rings. The normalized spacial score (nSPS) is 10.1. The monoisotopic (exact) mass is 357 g/mol. The SMILES string of the molecule is COc1cc(C#N)c(C(=O)c2ccc(C)cc2)cc1OCc1ccccc1. The molecule has 0 radical (unpaired) electrons. The minimum Gasteiger partial charge on any atom is -0.493 e. The van der Waals surface area contributed by atoms with Crippen molar-refractivity contribution < 1.29 is 14.3 Å². The fraction of sp³-hybridized carbons (Fsp3) is 0.130. The summed E-state index contributed by atoms with van der Waals surface area (Å²) in [4.78, 5) is 12.9. The van der Waals surface area contributed by atoms with E-state index in [4.69, 9.17) is 9.47 Å². The van der Waals surface area contributed by atoms with Crippen LogP contribution in [0.25, 0.3) is 0 Å². The summed E-state index contributed by atoms with van der Waals surface area (Å²) < 4.78 is 11.2. The summed E-state index contributed by atoms with van der Waals surface area (Å²) in [5, 5.41) is 9.48. The molecule has 134 valence electrons. The molecule has 27 heavy (non-hydrogen) atoms. The lowest BCUT2D eigenvalue weighted by Crippen LogP contribution is -2.06. The van der Waals surface area contributed by atoms with Crippen LogP contribution in [0.15, 0.2) is 66.7 Å². The third-order valence-corrected chi connectivity index (χ3v) is 4.22. The summed E-state index contributed by atoms with van der Waals surface area (Å²) >= 11 is 0. The van der Waals surface area contributed by atoms with Crippen LogP contribution >= 0.6 is 0 Å². The van der Waals surface area contributed by atoms with E-state index in [1.54, 1.807) is 24.3 Å². The first-order valence-corrected chi connectivity index (χ1v) is 8.52. The van der Waals surface area contributed by atoms with Gasteiger partial charge in [0, 0.05) is 17.2 Å². The molecule has 3 aromatic carbocycles. The molecule has 0 unspecified atom stereocenters. The lowest BCUT2D eigenvalue weighted by Gasteiger charge is -2.14. The predicted molar refractivity (Wildman–Crippen MR) is 103 cm³/mol. The van der Waals surface area contributed by atoms with E-state index in [0.717, 1.165) is 11.1 Å². The van der Waals surface area contributed by atoms with E-state index in [0.29, 0.717) is 29.2 Å². The molecule has 0 saturated carbocycles. The first-order valence-electron chi connectivity index (χ1n) is 8.52. The van der Waals surface area contributed by atoms with Crippen LogP contribution in [0.5, 0.6) is 11.5 Å². The molecule has 4 nitrogen and oxygen atoms in total. The van der Waals surface area contributed by atoms with Gasteiger partial charge in [0.05, 0.1) is 12.7 Å². The topological polar surface area (TPSA) is 59.3 Å². The zero-order valence-corrected chi connectivity index (χ0v) is 15.2. The number of hydrogen-bond acceptors (Lipinski definition) is 4. The molecule has 3 rings (SSSR count). The highest BCUT2D eigenvalue weighted by Gasteiger charge is 2.18. The summed E-state index contributed by atoms with van der Waals surface area (Å²) in [7, 11) is 1.51. The molecule has 0 aromatic heterocycles. The Kier molecular flexibility index (Phi) is 5.53. The van der Waals surface area contributed by atoms with Crippen molar-refractivity contribution in [2.75, 3.05) is 7.11 Å². The van der Waals surface area contributed by atoms with Crippen molar-refractivity contribution in [2.45, 2.75) is 13.5 Å². The van der Waals surface area contributed by atoms with Crippen molar-refractivity contribution in [3.05, 3.63) is 94.5 Å². The van der Waals surface area contributed by atoms with Crippen molar-refractivity contribution in [1.82, 2.24) is 0 Å². The van der Waals surface area contributed by atoms with Crippen molar-refractivity contribution in [3.8, 4) is 17.6 Å². The third kappa shape index (κ3) is 4.16. The van der Waals surface area contributed by atoms with E-state index in [2.05, 4.69) is 6.07 Å². The minimum atomic E-state index is -0.223. The predicted octanol–water partition coefficient (Wildman–Crippen LogP) is 4.69. The molecule has 0 aliphatic heterocycles. The standard InChI is InChI=1S/C23H19NO3/c1-16-8-10-18(11-9-16)23(25)20-13-22(21(26-2)12-19(20)14-24)27-15-17-6-4-3-5-7-17/h3-13H,15H2,1-2H3. The highest BCUT2D eigenvalue weighted by Crippen LogP contribution is 2.32. The zero-order chi connectivity index (χ0) is 19.2. The third-order valence-electron chi connectivity index (χ3n) is 4.22. The summed E-state index contributed by atoms with van der Waals surface area (Å²) in [6, 6.07) is 22.2. The van der Waals surface area contributed by atoms with Gasteiger partial charge in [-0.05, 0) is 18.6 Å². The summed E-state index contributed by atoms with van der Waals surface area (Å²) in [5.41, 5.74) is 3.13. The minimum absolute atomic E-state index is 0.223. The molecular weight excluding hydrogens is 338 g/mol. The van der Waals surface area contributed by atoms with Gasteiger partial charge >= 0.3 is 0 Å². The van der Waals surface area contributed by atoms with Crippen LogP contribution in [0.2, 0.25) is 0 Å². The van der Waals surface area contributed by atoms with Crippen molar-refractivity contribution in [1.29, 1.82) is 5.26 Å². The number of nitrogens with zero attached hydrogens (tertiary/aromatic N) is 1. The molecule has 4 heteroatoms. The van der Waals surface area contributed by atoms with Gasteiger partial charge in [-0.15, -0.1) is 0 Å². The van der Waals surface area contributed by atoms with Gasteiger partial charge in [-0.3, -0.25) is 4.79 Å².